The highest BCUT2D eigenvalue weighted by Crippen LogP contribution is 2.28. The fourth-order valence-electron chi connectivity index (χ4n) is 4.01. The van der Waals surface area contributed by atoms with Crippen LogP contribution >= 0.6 is 0 Å². The molecule has 0 radical (unpaired) electrons. The molecule has 1 unspecified atom stereocenters. The number of benzene rings is 2. The van der Waals surface area contributed by atoms with Gasteiger partial charge in [-0.15, -0.1) is 10.6 Å². The number of hydrazine groups is 2. The lowest BCUT2D eigenvalue weighted by Gasteiger charge is -2.14. The van der Waals surface area contributed by atoms with E-state index in [9.17, 15) is 0 Å². The van der Waals surface area contributed by atoms with Gasteiger partial charge in [-0.1, -0.05) is 62.4 Å². The minimum atomic E-state index is 0.461. The molecule has 1 aliphatic heterocycles. The summed E-state index contributed by atoms with van der Waals surface area (Å²) in [5.41, 5.74) is 15.2. The first kappa shape index (κ1) is 26.0. The van der Waals surface area contributed by atoms with Crippen molar-refractivity contribution in [2.45, 2.75) is 40.0 Å². The summed E-state index contributed by atoms with van der Waals surface area (Å²) in [6, 6.07) is 15.0. The van der Waals surface area contributed by atoms with E-state index in [1.165, 1.54) is 11.1 Å². The van der Waals surface area contributed by atoms with Crippen molar-refractivity contribution in [3.05, 3.63) is 108 Å². The Morgan fingerprint density at radius 1 is 1.14 bits per heavy atom. The van der Waals surface area contributed by atoms with Gasteiger partial charge in [0.1, 0.15) is 5.76 Å². The first-order valence-corrected chi connectivity index (χ1v) is 12.8. The van der Waals surface area contributed by atoms with Crippen molar-refractivity contribution in [2.24, 2.45) is 11.0 Å². The topological polar surface area (TPSA) is 75.5 Å². The smallest absolute Gasteiger partial charge is 0.170 e. The molecule has 3 aromatic rings. The Morgan fingerprint density at radius 2 is 1.95 bits per heavy atom. The maximum absolute atomic E-state index is 6.19. The molecule has 1 aliphatic rings. The molecule has 37 heavy (non-hydrogen) atoms. The highest BCUT2D eigenvalue weighted by Gasteiger charge is 2.11. The van der Waals surface area contributed by atoms with Crippen LogP contribution in [0.15, 0.2) is 102 Å². The van der Waals surface area contributed by atoms with Crippen LogP contribution in [0.1, 0.15) is 44.7 Å². The Labute approximate surface area is 219 Å². The molecule has 0 aliphatic carbocycles. The van der Waals surface area contributed by atoms with Crippen molar-refractivity contribution in [3.8, 4) is 16.8 Å². The van der Waals surface area contributed by atoms with Crippen LogP contribution in [0.5, 0.6) is 0 Å². The van der Waals surface area contributed by atoms with Crippen molar-refractivity contribution in [1.82, 2.24) is 26.0 Å². The van der Waals surface area contributed by atoms with Crippen LogP contribution in [0.25, 0.3) is 16.8 Å². The number of hydrogen-bond acceptors (Lipinski definition) is 6. The second kappa shape index (κ2) is 12.7. The molecule has 2 heterocycles. The Morgan fingerprint density at radius 3 is 2.62 bits per heavy atom. The van der Waals surface area contributed by atoms with Crippen molar-refractivity contribution in [2.75, 3.05) is 6.61 Å². The quantitative estimate of drug-likeness (QED) is 0.167. The van der Waals surface area contributed by atoms with E-state index in [2.05, 4.69) is 95.5 Å². The minimum Gasteiger partial charge on any atom is -0.494 e. The third kappa shape index (κ3) is 7.21. The molecule has 0 spiro atoms. The number of rotatable bonds is 12. The van der Waals surface area contributed by atoms with Crippen molar-refractivity contribution in [1.29, 1.82) is 0 Å². The molecular formula is C30H36N6O. The van der Waals surface area contributed by atoms with E-state index >= 15 is 0 Å². The van der Waals surface area contributed by atoms with Gasteiger partial charge in [0.25, 0.3) is 0 Å². The predicted molar refractivity (Wildman–Crippen MR) is 151 cm³/mol. The maximum atomic E-state index is 6.19. The maximum Gasteiger partial charge on any atom is 0.170 e. The van der Waals surface area contributed by atoms with Gasteiger partial charge in [0.2, 0.25) is 0 Å². The second-order valence-corrected chi connectivity index (χ2v) is 9.30. The molecule has 0 bridgehead atoms. The Hall–Kier alpha value is -4.10. The van der Waals surface area contributed by atoms with Gasteiger partial charge in [-0.05, 0) is 73.1 Å². The lowest BCUT2D eigenvalue weighted by molar-refractivity contribution is 0.218. The van der Waals surface area contributed by atoms with E-state index in [0.717, 1.165) is 53.2 Å². The molecule has 0 amide bonds. The molecular weight excluding hydrogens is 460 g/mol. The number of nitrogens with one attached hydrogen (secondary N) is 3. The highest BCUT2D eigenvalue weighted by molar-refractivity contribution is 5.99. The van der Waals surface area contributed by atoms with Gasteiger partial charge in [-0.2, -0.15) is 0 Å². The van der Waals surface area contributed by atoms with E-state index in [1.807, 2.05) is 36.2 Å². The second-order valence-electron chi connectivity index (χ2n) is 9.30. The Bertz CT molecular complexity index is 1270. The fraction of sp³-hybridized carbons (Fsp3) is 0.267. The molecule has 1 atom stereocenters. The molecule has 0 saturated carbocycles. The van der Waals surface area contributed by atoms with Gasteiger partial charge in [-0.25, -0.2) is 10.5 Å². The molecule has 0 fully saturated rings. The van der Waals surface area contributed by atoms with E-state index in [4.69, 9.17) is 4.74 Å². The summed E-state index contributed by atoms with van der Waals surface area (Å²) in [6.07, 6.45) is 14.7. The van der Waals surface area contributed by atoms with Crippen LogP contribution < -0.4 is 16.5 Å². The summed E-state index contributed by atoms with van der Waals surface area (Å²) in [4.78, 5) is 4.21. The molecule has 2 aromatic carbocycles. The number of hydrazone groups is 1. The minimum absolute atomic E-state index is 0.461. The standard InChI is InChI=1S/C30H36N6O/c1-5-23(4)19-28(14-8-22(2)3)37-18-6-7-26-20-27(36-17-16-31-21-36)13-15-29(26)24-9-11-25(12-10-24)30-32-34-35-33-30/h8-17,19-21,23,34-35H,2,5-7,18H2,1,3-4H3,(H,32,33)/b14-8-,28-19+. The molecule has 4 rings (SSSR count). The van der Waals surface area contributed by atoms with Crippen molar-refractivity contribution >= 4 is 5.84 Å². The van der Waals surface area contributed by atoms with E-state index in [1.54, 1.807) is 6.20 Å². The number of imidazole rings is 1. The molecule has 7 heteroatoms. The van der Waals surface area contributed by atoms with Crippen LogP contribution in [0.3, 0.4) is 0 Å². The van der Waals surface area contributed by atoms with E-state index < -0.39 is 0 Å². The SMILES string of the molecule is C=C(C)/C=C\C(=C/C(C)CC)OCCCc1cc(-n2ccnc2)ccc1-c1ccc(C2=NNNN2)cc1. The van der Waals surface area contributed by atoms with Gasteiger partial charge < -0.3 is 9.30 Å². The van der Waals surface area contributed by atoms with Crippen LogP contribution in [0, 0.1) is 5.92 Å². The average molecular weight is 497 g/mol. The summed E-state index contributed by atoms with van der Waals surface area (Å²) in [5.74, 6) is 2.14. The van der Waals surface area contributed by atoms with Gasteiger partial charge >= 0.3 is 0 Å². The zero-order valence-corrected chi connectivity index (χ0v) is 21.9. The van der Waals surface area contributed by atoms with E-state index in [-0.39, 0.29) is 0 Å². The van der Waals surface area contributed by atoms with Crippen molar-refractivity contribution in [3.63, 3.8) is 0 Å². The average Bonchev–Trinajstić information content (AvgIpc) is 3.64. The monoisotopic (exact) mass is 496 g/mol. The summed E-state index contributed by atoms with van der Waals surface area (Å²) in [7, 11) is 0. The summed E-state index contributed by atoms with van der Waals surface area (Å²) in [6.45, 7) is 11.0. The van der Waals surface area contributed by atoms with Gasteiger partial charge in [0.05, 0.1) is 12.9 Å². The first-order valence-electron chi connectivity index (χ1n) is 12.8. The number of ether oxygens (including phenoxy) is 1. The Kier molecular flexibility index (Phi) is 8.94. The number of amidine groups is 1. The van der Waals surface area contributed by atoms with Crippen LogP contribution in [0.4, 0.5) is 0 Å². The lowest BCUT2D eigenvalue weighted by atomic mass is 9.95. The number of hydrogen-bond donors (Lipinski definition) is 3. The van der Waals surface area contributed by atoms with Crippen LogP contribution in [-0.4, -0.2) is 22.0 Å². The first-order chi connectivity index (χ1) is 18.0. The van der Waals surface area contributed by atoms with Gasteiger partial charge in [-0.3, -0.25) is 5.43 Å². The normalized spacial score (nSPS) is 14.2. The molecule has 192 valence electrons. The molecule has 1 aromatic heterocycles. The zero-order chi connectivity index (χ0) is 26.0. The lowest BCUT2D eigenvalue weighted by Crippen LogP contribution is -2.35. The largest absolute Gasteiger partial charge is 0.494 e. The summed E-state index contributed by atoms with van der Waals surface area (Å²) < 4.78 is 8.23. The fourth-order valence-corrected chi connectivity index (χ4v) is 4.01. The van der Waals surface area contributed by atoms with Crippen molar-refractivity contribution < 1.29 is 4.74 Å². The predicted octanol–water partition coefficient (Wildman–Crippen LogP) is 5.82. The molecule has 7 nitrogen and oxygen atoms in total. The van der Waals surface area contributed by atoms with Gasteiger partial charge in [0.15, 0.2) is 5.84 Å². The number of aryl methyl sites for hydroxylation is 1. The third-order valence-electron chi connectivity index (χ3n) is 6.25. The number of nitrogens with zero attached hydrogens (tertiary/aromatic N) is 3. The highest BCUT2D eigenvalue weighted by atomic mass is 16.5. The van der Waals surface area contributed by atoms with Crippen LogP contribution in [0.2, 0.25) is 0 Å². The molecule has 3 N–H and O–H groups in total. The summed E-state index contributed by atoms with van der Waals surface area (Å²) >= 11 is 0. The summed E-state index contributed by atoms with van der Waals surface area (Å²) in [5, 5.41) is 4.18. The number of allylic oxidation sites excluding steroid dienone is 4. The number of aromatic nitrogens is 2. The van der Waals surface area contributed by atoms with Gasteiger partial charge in [0, 0.05) is 23.6 Å². The van der Waals surface area contributed by atoms with Crippen LogP contribution in [-0.2, 0) is 11.2 Å². The zero-order valence-electron chi connectivity index (χ0n) is 21.9. The van der Waals surface area contributed by atoms with E-state index in [0.29, 0.717) is 12.5 Å². The third-order valence-corrected chi connectivity index (χ3v) is 6.25. The molecule has 0 saturated heterocycles. The Balaban J connectivity index is 1.51.